The van der Waals surface area contributed by atoms with Gasteiger partial charge in [-0.2, -0.15) is 0 Å². The van der Waals surface area contributed by atoms with Gasteiger partial charge in [-0.25, -0.2) is 0 Å². The molecule has 99 heavy (non-hydrogen) atoms. The predicted octanol–water partition coefficient (Wildman–Crippen LogP) is -17.2. The van der Waals surface area contributed by atoms with Gasteiger partial charge in [-0.15, -0.1) is 0 Å². The summed E-state index contributed by atoms with van der Waals surface area (Å²) in [6.07, 6.45) is -71.8. The summed E-state index contributed by atoms with van der Waals surface area (Å²) in [5, 5.41) is 242. The van der Waals surface area contributed by atoms with E-state index in [-0.39, 0.29) is 0 Å². The Morgan fingerprint density at radius 2 is 0.636 bits per heavy atom. The van der Waals surface area contributed by atoms with Crippen LogP contribution in [-0.4, -0.2) is 423 Å². The minimum absolute atomic E-state index is 0.773. The lowest BCUT2D eigenvalue weighted by Gasteiger charge is -2.52. The molecular weight excluding hydrogens is 1360 g/mol. The van der Waals surface area contributed by atoms with Gasteiger partial charge in [0.2, 0.25) is 23.6 Å². The fourth-order valence-corrected chi connectivity index (χ4v) is 12.7. The highest BCUT2D eigenvalue weighted by molar-refractivity contribution is 5.74. The van der Waals surface area contributed by atoms with Gasteiger partial charge in [0, 0.05) is 27.7 Å². The minimum Gasteiger partial charge on any atom is -0.394 e. The summed E-state index contributed by atoms with van der Waals surface area (Å²) < 4.78 is 89.7. The molecule has 0 aromatic rings. The molecule has 572 valence electrons. The lowest BCUT2D eigenvalue weighted by molar-refractivity contribution is -0.411. The van der Waals surface area contributed by atoms with Crippen molar-refractivity contribution < 1.29 is 197 Å². The number of aliphatic hydroxyl groups is 21. The van der Waals surface area contributed by atoms with Gasteiger partial charge in [0.05, 0.1) is 52.9 Å². The molecule has 0 radical (unpaired) electrons. The summed E-state index contributed by atoms with van der Waals surface area (Å²) in [4.78, 5) is 50.4. The molecular formula is C55H92N4O40. The van der Waals surface area contributed by atoms with E-state index in [0.717, 1.165) is 27.7 Å². The van der Waals surface area contributed by atoms with Gasteiger partial charge in [-0.05, 0) is 0 Å². The number of hydrogen-bond acceptors (Lipinski definition) is 40. The Bertz CT molecular complexity index is 2580. The summed E-state index contributed by atoms with van der Waals surface area (Å²) in [7, 11) is 0. The normalized spacial score (nSPS) is 48.3. The van der Waals surface area contributed by atoms with E-state index in [0.29, 0.717) is 0 Å². The molecule has 0 aromatic heterocycles. The Kier molecular flexibility index (Phi) is 29.1. The summed E-state index contributed by atoms with van der Waals surface area (Å²) in [6, 6.07) is -7.14. The highest BCUT2D eigenvalue weighted by Gasteiger charge is 2.61. The molecule has 0 saturated carbocycles. The zero-order valence-corrected chi connectivity index (χ0v) is 53.3. The standard InChI is InChI=1S/C55H92N4O40/c1-13(66)56-25-35(77)42(21(8-63)87-48(25)84)94-50-27(58-15(3)68)37(79)44(23(10-65)91-50)96-55-47(99-53-40(82)29(71)17(70)11-85-53)45(33(75)24(93-55)12-86-52-41(83)38(80)31(73)19(6-61)89-52)97-54-46(39(81)32(74)20(7-62)90-54)98-51-28(59-16(4)69)36(78)43(22(9-64)92-51)95-49-26(57-14(2)67)34(76)30(72)18(5-60)88-49/h17-55,60-65,70-84H,5-12H2,1-4H3,(H,56,66)(H,57,67)(H,58,68)(H,59,69)/t17-,18-,19-,20-,21-,22-,23-,24-,25-,26-,27-,28-,29+,30+,31-,32-,33-,34-,35-,36-,37-,38+,39+,40-,41+,42-,43-,44-,45+,46+,47+,48-,49+,50+,51+,52+,53+,54-,55+/m1/s1. The smallest absolute Gasteiger partial charge is 0.217 e. The van der Waals surface area contributed by atoms with Crippen LogP contribution in [0.5, 0.6) is 0 Å². The van der Waals surface area contributed by atoms with E-state index in [1.807, 2.05) is 0 Å². The van der Waals surface area contributed by atoms with Gasteiger partial charge in [-0.3, -0.25) is 19.2 Å². The third kappa shape index (κ3) is 18.2. The van der Waals surface area contributed by atoms with Gasteiger partial charge in [0.1, 0.15) is 189 Å². The van der Waals surface area contributed by atoms with E-state index in [2.05, 4.69) is 21.3 Å². The van der Waals surface area contributed by atoms with Crippen LogP contribution in [-0.2, 0) is 90.2 Å². The monoisotopic (exact) mass is 1450 g/mol. The Morgan fingerprint density at radius 3 is 1.11 bits per heavy atom. The second-order valence-electron chi connectivity index (χ2n) is 24.9. The van der Waals surface area contributed by atoms with Crippen molar-refractivity contribution in [1.82, 2.24) is 21.3 Å². The lowest BCUT2D eigenvalue weighted by Crippen LogP contribution is -2.71. The second kappa shape index (κ2) is 35.5. The highest BCUT2D eigenvalue weighted by Crippen LogP contribution is 2.40. The molecule has 0 aromatic carbocycles. The van der Waals surface area contributed by atoms with E-state index in [4.69, 9.17) is 71.1 Å². The lowest BCUT2D eigenvalue weighted by atomic mass is 9.93. The van der Waals surface area contributed by atoms with Crippen molar-refractivity contribution in [3.05, 3.63) is 0 Å². The van der Waals surface area contributed by atoms with Gasteiger partial charge in [0.25, 0.3) is 0 Å². The van der Waals surface area contributed by atoms with Crippen molar-refractivity contribution in [3.8, 4) is 0 Å². The summed E-state index contributed by atoms with van der Waals surface area (Å²) in [6.45, 7) is -4.29. The first kappa shape index (κ1) is 81.1. The number of ether oxygens (including phenoxy) is 15. The Morgan fingerprint density at radius 1 is 0.303 bits per heavy atom. The predicted molar refractivity (Wildman–Crippen MR) is 305 cm³/mol. The Balaban J connectivity index is 1.19. The van der Waals surface area contributed by atoms with E-state index in [9.17, 15) is 126 Å². The van der Waals surface area contributed by atoms with E-state index in [1.54, 1.807) is 0 Å². The summed E-state index contributed by atoms with van der Waals surface area (Å²) in [5.41, 5.74) is 0. The van der Waals surface area contributed by atoms with Crippen molar-refractivity contribution in [3.63, 3.8) is 0 Å². The number of hydrogen-bond donors (Lipinski definition) is 25. The third-order valence-electron chi connectivity index (χ3n) is 17.9. The average molecular weight is 1450 g/mol. The molecule has 0 spiro atoms. The molecule has 4 amide bonds. The van der Waals surface area contributed by atoms with Crippen LogP contribution in [0.4, 0.5) is 0 Å². The maximum Gasteiger partial charge on any atom is 0.217 e. The summed E-state index contributed by atoms with van der Waals surface area (Å²) >= 11 is 0. The molecule has 44 heteroatoms. The number of nitrogens with one attached hydrogen (secondary N) is 4. The first-order chi connectivity index (χ1) is 46.8. The molecule has 44 nitrogen and oxygen atoms in total. The molecule has 8 aliphatic rings. The van der Waals surface area contributed by atoms with Gasteiger partial charge >= 0.3 is 0 Å². The molecule has 8 saturated heterocycles. The summed E-state index contributed by atoms with van der Waals surface area (Å²) in [5.74, 6) is -3.44. The molecule has 39 atom stereocenters. The number of aliphatic hydroxyl groups excluding tert-OH is 21. The highest BCUT2D eigenvalue weighted by atomic mass is 16.8. The van der Waals surface area contributed by atoms with E-state index in [1.165, 1.54) is 0 Å². The van der Waals surface area contributed by atoms with E-state index >= 15 is 0 Å². The second-order valence-corrected chi connectivity index (χ2v) is 24.9. The Labute approximate surface area is 561 Å². The maximum absolute atomic E-state index is 13.0. The van der Waals surface area contributed by atoms with Crippen molar-refractivity contribution in [1.29, 1.82) is 0 Å². The maximum atomic E-state index is 13.0. The Hall–Kier alpha value is -3.56. The van der Waals surface area contributed by atoms with Crippen LogP contribution in [0.3, 0.4) is 0 Å². The minimum atomic E-state index is -2.41. The average Bonchev–Trinajstić information content (AvgIpc) is 0.765. The largest absolute Gasteiger partial charge is 0.394 e. The molecule has 8 fully saturated rings. The first-order valence-electron chi connectivity index (χ1n) is 31.5. The van der Waals surface area contributed by atoms with Crippen molar-refractivity contribution >= 4 is 23.6 Å². The zero-order valence-electron chi connectivity index (χ0n) is 53.3. The van der Waals surface area contributed by atoms with Gasteiger partial charge in [-0.1, -0.05) is 0 Å². The third-order valence-corrected chi connectivity index (χ3v) is 17.9. The van der Waals surface area contributed by atoms with Crippen LogP contribution in [0.25, 0.3) is 0 Å². The van der Waals surface area contributed by atoms with E-state index < -0.39 is 316 Å². The molecule has 8 heterocycles. The molecule has 8 rings (SSSR count). The van der Waals surface area contributed by atoms with Gasteiger partial charge in [0.15, 0.2) is 50.3 Å². The fourth-order valence-electron chi connectivity index (χ4n) is 12.7. The van der Waals surface area contributed by atoms with Crippen molar-refractivity contribution in [2.24, 2.45) is 0 Å². The van der Waals surface area contributed by atoms with Crippen LogP contribution < -0.4 is 21.3 Å². The molecule has 25 N–H and O–H groups in total. The number of carbonyl (C=O) groups is 4. The topological polar surface area (TPSA) is 680 Å². The molecule has 8 aliphatic heterocycles. The molecule has 0 aliphatic carbocycles. The van der Waals surface area contributed by atoms with Crippen molar-refractivity contribution in [2.75, 3.05) is 52.9 Å². The van der Waals surface area contributed by atoms with Crippen molar-refractivity contribution in [2.45, 2.75) is 267 Å². The van der Waals surface area contributed by atoms with Crippen LogP contribution in [0.15, 0.2) is 0 Å². The first-order valence-corrected chi connectivity index (χ1v) is 31.5. The van der Waals surface area contributed by atoms with Crippen LogP contribution in [0.1, 0.15) is 27.7 Å². The fraction of sp³-hybridized carbons (Fsp3) is 0.927. The number of amides is 4. The van der Waals surface area contributed by atoms with Crippen LogP contribution in [0.2, 0.25) is 0 Å². The SMILES string of the molecule is CC(=O)N[C@@H]1[C@@H](O)[C@H](O[C@@H]2O[C@H](CO)[C@@H](O[C@@H]3O[C@H](CO[C@H]4O[C@H](CO)[C@@H](O)[C@H](O)[C@@H]4O)[C@@H](O)[C@H](O[C@H]4O[C@H](CO)[C@@H](O)[C@H](O)[C@@H]4O[C@@H]4O[C@H](CO)[C@@H](O[C@@H]5O[C@H](CO)[C@H](O)[C@H](O)[C@H]5NC(C)=O)[C@H](O)[C@H]4NC(C)=O)[C@@H]3O[C@@H]3OC[C@@H](O)[C@H](O)[C@H]3O)[C@H](O)[C@H]2NC(C)=O)[C@@H](CO)O[C@H]1O. The van der Waals surface area contributed by atoms with Gasteiger partial charge < -0.3 is 200 Å². The number of rotatable bonds is 25. The molecule has 0 bridgehead atoms. The zero-order chi connectivity index (χ0) is 72.9. The number of carbonyl (C=O) groups excluding carboxylic acids is 4. The quantitative estimate of drug-likeness (QED) is 0.0404. The van der Waals surface area contributed by atoms with Crippen LogP contribution >= 0.6 is 0 Å². The van der Waals surface area contributed by atoms with Crippen LogP contribution in [0, 0.1) is 0 Å². The molecule has 0 unspecified atom stereocenters.